The molecule has 1 aromatic heterocycles. The minimum absolute atomic E-state index is 0.244. The Morgan fingerprint density at radius 3 is 2.79 bits per heavy atom. The summed E-state index contributed by atoms with van der Waals surface area (Å²) in [7, 11) is 0. The Hall–Kier alpha value is -1.62. The van der Waals surface area contributed by atoms with Gasteiger partial charge in [0.25, 0.3) is 0 Å². The number of rotatable bonds is 6. The van der Waals surface area contributed by atoms with E-state index in [0.717, 1.165) is 43.6 Å². The van der Waals surface area contributed by atoms with Crippen molar-refractivity contribution in [3.8, 4) is 0 Å². The van der Waals surface area contributed by atoms with Crippen molar-refractivity contribution < 1.29 is 9.90 Å². The smallest absolute Gasteiger partial charge is 0.356 e. The highest BCUT2D eigenvalue weighted by Gasteiger charge is 2.39. The molecule has 5 heteroatoms. The first-order valence-corrected chi connectivity index (χ1v) is 9.20. The van der Waals surface area contributed by atoms with Crippen molar-refractivity contribution in [2.45, 2.75) is 65.0 Å². The van der Waals surface area contributed by atoms with Crippen LogP contribution in [0.15, 0.2) is 12.7 Å². The van der Waals surface area contributed by atoms with Crippen molar-refractivity contribution in [2.75, 3.05) is 13.1 Å². The highest BCUT2D eigenvalue weighted by Crippen LogP contribution is 2.40. The van der Waals surface area contributed by atoms with Crippen LogP contribution in [0.25, 0.3) is 0 Å². The molecule has 1 saturated heterocycles. The van der Waals surface area contributed by atoms with Crippen LogP contribution < -0.4 is 0 Å². The fourth-order valence-corrected chi connectivity index (χ4v) is 4.53. The second kappa shape index (κ2) is 6.71. The predicted molar refractivity (Wildman–Crippen MR) is 94.4 cm³/mol. The molecule has 0 bridgehead atoms. The lowest BCUT2D eigenvalue weighted by Crippen LogP contribution is -2.39. The largest absolute Gasteiger partial charge is 0.476 e. The van der Waals surface area contributed by atoms with Gasteiger partial charge >= 0.3 is 5.97 Å². The van der Waals surface area contributed by atoms with Gasteiger partial charge in [-0.05, 0) is 50.5 Å². The molecule has 0 spiro atoms. The number of fused-ring (bicyclic) bond motifs is 1. The minimum Gasteiger partial charge on any atom is -0.476 e. The van der Waals surface area contributed by atoms with E-state index in [0.29, 0.717) is 18.0 Å². The van der Waals surface area contributed by atoms with Gasteiger partial charge in [0.1, 0.15) is 0 Å². The Morgan fingerprint density at radius 2 is 2.21 bits per heavy atom. The van der Waals surface area contributed by atoms with Crippen molar-refractivity contribution in [1.29, 1.82) is 0 Å². The lowest BCUT2D eigenvalue weighted by Gasteiger charge is -2.33. The normalized spacial score (nSPS) is 23.2. The summed E-state index contributed by atoms with van der Waals surface area (Å²) in [5.74, 6) is -0.910. The fraction of sp³-hybridized carbons (Fsp3) is 0.684. The van der Waals surface area contributed by atoms with Crippen LogP contribution in [0.1, 0.15) is 61.3 Å². The Labute approximate surface area is 144 Å². The summed E-state index contributed by atoms with van der Waals surface area (Å²) in [6.07, 6.45) is 8.34. The number of aromatic nitrogens is 2. The van der Waals surface area contributed by atoms with E-state index in [9.17, 15) is 9.90 Å². The first-order valence-electron chi connectivity index (χ1n) is 9.20. The fourth-order valence-electron chi connectivity index (χ4n) is 4.53. The minimum atomic E-state index is -0.910. The summed E-state index contributed by atoms with van der Waals surface area (Å²) in [6.45, 7) is 11.2. The summed E-state index contributed by atoms with van der Waals surface area (Å²) >= 11 is 0. The quantitative estimate of drug-likeness (QED) is 0.814. The molecule has 3 rings (SSSR count). The van der Waals surface area contributed by atoms with Gasteiger partial charge in [-0.3, -0.25) is 9.58 Å². The maximum atomic E-state index is 11.6. The molecule has 0 saturated carbocycles. The number of aromatic carboxylic acids is 1. The predicted octanol–water partition coefficient (Wildman–Crippen LogP) is 3.14. The summed E-state index contributed by atoms with van der Waals surface area (Å²) in [4.78, 5) is 14.2. The first-order chi connectivity index (χ1) is 11.5. The van der Waals surface area contributed by atoms with E-state index in [2.05, 4.69) is 30.4 Å². The van der Waals surface area contributed by atoms with Gasteiger partial charge in [0.15, 0.2) is 5.69 Å². The Kier molecular flexibility index (Phi) is 4.81. The molecular weight excluding hydrogens is 302 g/mol. The van der Waals surface area contributed by atoms with Crippen LogP contribution in [-0.4, -0.2) is 44.9 Å². The van der Waals surface area contributed by atoms with Gasteiger partial charge in [-0.15, -0.1) is 6.58 Å². The zero-order valence-corrected chi connectivity index (χ0v) is 14.9. The van der Waals surface area contributed by atoms with Gasteiger partial charge in [-0.2, -0.15) is 5.10 Å². The van der Waals surface area contributed by atoms with Crippen LogP contribution in [0.3, 0.4) is 0 Å². The van der Waals surface area contributed by atoms with Gasteiger partial charge in [0, 0.05) is 23.8 Å². The molecule has 1 aromatic rings. The third kappa shape index (κ3) is 2.90. The molecule has 0 unspecified atom stereocenters. The zero-order valence-electron chi connectivity index (χ0n) is 14.9. The van der Waals surface area contributed by atoms with E-state index < -0.39 is 5.97 Å². The third-order valence-corrected chi connectivity index (χ3v) is 6.31. The standard InChI is InChI=1S/C19H29N3O2/c1-4-10-22-16-8-7-14(12-15(16)17(20-22)18(23)24)21-11-9-19(5-2,6-3)13-21/h4,14H,1,5-13H2,2-3H3,(H,23,24)/t14-/m1/s1. The van der Waals surface area contributed by atoms with Crippen LogP contribution in [0.2, 0.25) is 0 Å². The maximum absolute atomic E-state index is 11.6. The molecule has 1 fully saturated rings. The molecule has 24 heavy (non-hydrogen) atoms. The molecule has 2 heterocycles. The van der Waals surface area contributed by atoms with Gasteiger partial charge < -0.3 is 5.11 Å². The molecule has 2 aliphatic rings. The van der Waals surface area contributed by atoms with Crippen LogP contribution in [0.4, 0.5) is 0 Å². The van der Waals surface area contributed by atoms with Crippen molar-refractivity contribution in [1.82, 2.24) is 14.7 Å². The molecule has 5 nitrogen and oxygen atoms in total. The summed E-state index contributed by atoms with van der Waals surface area (Å²) in [5.41, 5.74) is 2.75. The van der Waals surface area contributed by atoms with Crippen molar-refractivity contribution in [3.05, 3.63) is 29.6 Å². The molecular formula is C19H29N3O2. The molecule has 1 atom stereocenters. The number of hydrogen-bond acceptors (Lipinski definition) is 3. The molecule has 0 aromatic carbocycles. The summed E-state index contributed by atoms with van der Waals surface area (Å²) in [6, 6.07) is 0.456. The Balaban J connectivity index is 1.82. The molecule has 0 radical (unpaired) electrons. The first kappa shape index (κ1) is 17.2. The number of carboxylic acid groups (broad SMARTS) is 1. The number of carboxylic acids is 1. The highest BCUT2D eigenvalue weighted by atomic mass is 16.4. The average Bonchev–Trinajstić information content (AvgIpc) is 3.17. The van der Waals surface area contributed by atoms with Gasteiger partial charge in [0.05, 0.1) is 6.54 Å². The maximum Gasteiger partial charge on any atom is 0.356 e. The van der Waals surface area contributed by atoms with Crippen molar-refractivity contribution in [2.24, 2.45) is 5.41 Å². The summed E-state index contributed by atoms with van der Waals surface area (Å²) in [5, 5.41) is 13.8. The second-order valence-corrected chi connectivity index (χ2v) is 7.37. The lowest BCUT2D eigenvalue weighted by molar-refractivity contribution is 0.0687. The number of allylic oxidation sites excluding steroid dienone is 1. The van der Waals surface area contributed by atoms with Crippen LogP contribution in [-0.2, 0) is 19.4 Å². The van der Waals surface area contributed by atoms with E-state index in [4.69, 9.17) is 0 Å². The highest BCUT2D eigenvalue weighted by molar-refractivity contribution is 5.87. The zero-order chi connectivity index (χ0) is 17.3. The lowest BCUT2D eigenvalue weighted by atomic mass is 9.81. The summed E-state index contributed by atoms with van der Waals surface area (Å²) < 4.78 is 1.83. The topological polar surface area (TPSA) is 58.4 Å². The Morgan fingerprint density at radius 1 is 1.46 bits per heavy atom. The Bertz CT molecular complexity index is 631. The van der Waals surface area contributed by atoms with Crippen LogP contribution >= 0.6 is 0 Å². The van der Waals surface area contributed by atoms with E-state index >= 15 is 0 Å². The molecule has 0 amide bonds. The number of nitrogens with zero attached hydrogens (tertiary/aromatic N) is 3. The van der Waals surface area contributed by atoms with E-state index in [-0.39, 0.29) is 5.69 Å². The van der Waals surface area contributed by atoms with Gasteiger partial charge in [-0.1, -0.05) is 19.9 Å². The SMILES string of the molecule is C=CCn1nc(C(=O)O)c2c1CC[C@@H](N1CCC(CC)(CC)C1)C2. The third-order valence-electron chi connectivity index (χ3n) is 6.31. The molecule has 1 N–H and O–H groups in total. The second-order valence-electron chi connectivity index (χ2n) is 7.37. The molecule has 1 aliphatic carbocycles. The number of likely N-dealkylation sites (tertiary alicyclic amines) is 1. The molecule has 132 valence electrons. The van der Waals surface area contributed by atoms with Crippen LogP contribution in [0.5, 0.6) is 0 Å². The van der Waals surface area contributed by atoms with Crippen molar-refractivity contribution in [3.63, 3.8) is 0 Å². The van der Waals surface area contributed by atoms with E-state index in [1.54, 1.807) is 6.08 Å². The molecule has 1 aliphatic heterocycles. The van der Waals surface area contributed by atoms with E-state index in [1.807, 2.05) is 4.68 Å². The monoisotopic (exact) mass is 331 g/mol. The number of carbonyl (C=O) groups is 1. The number of hydrogen-bond donors (Lipinski definition) is 1. The van der Waals surface area contributed by atoms with Gasteiger partial charge in [0.2, 0.25) is 0 Å². The van der Waals surface area contributed by atoms with Crippen LogP contribution in [0, 0.1) is 5.41 Å². The van der Waals surface area contributed by atoms with Gasteiger partial charge in [-0.25, -0.2) is 4.79 Å². The van der Waals surface area contributed by atoms with Crippen molar-refractivity contribution >= 4 is 5.97 Å². The van der Waals surface area contributed by atoms with E-state index in [1.165, 1.54) is 19.3 Å². The average molecular weight is 331 g/mol.